The van der Waals surface area contributed by atoms with E-state index in [0.29, 0.717) is 19.3 Å². The zero-order chi connectivity index (χ0) is 27.8. The number of aliphatic hydroxyl groups is 7. The molecule has 37 heavy (non-hydrogen) atoms. The highest BCUT2D eigenvalue weighted by molar-refractivity contribution is 5.69. The molecular formula is C24H42O13. The molecule has 0 unspecified atom stereocenters. The molecule has 1 rings (SSSR count). The number of hydrogen-bond acceptors (Lipinski definition) is 13. The Morgan fingerprint density at radius 3 is 2.05 bits per heavy atom. The summed E-state index contributed by atoms with van der Waals surface area (Å²) in [4.78, 5) is 23.2. The molecule has 0 amide bonds. The van der Waals surface area contributed by atoms with E-state index in [1.54, 1.807) is 0 Å². The van der Waals surface area contributed by atoms with E-state index < -0.39 is 74.8 Å². The Morgan fingerprint density at radius 2 is 1.49 bits per heavy atom. The Hall–Kier alpha value is -1.68. The van der Waals surface area contributed by atoms with E-state index in [0.717, 1.165) is 31.9 Å². The van der Waals surface area contributed by atoms with Gasteiger partial charge in [0.1, 0.15) is 37.1 Å². The molecule has 1 heterocycles. The van der Waals surface area contributed by atoms with Crippen molar-refractivity contribution in [3.05, 3.63) is 12.8 Å². The van der Waals surface area contributed by atoms with Gasteiger partial charge in [-0.3, -0.25) is 9.59 Å². The summed E-state index contributed by atoms with van der Waals surface area (Å²) < 4.78 is 20.5. The van der Waals surface area contributed by atoms with Crippen molar-refractivity contribution in [2.75, 3.05) is 19.8 Å². The molecule has 0 saturated carbocycles. The molecule has 0 radical (unpaired) electrons. The molecule has 0 aromatic rings. The normalized spacial score (nSPS) is 26.2. The minimum atomic E-state index is -1.73. The van der Waals surface area contributed by atoms with Crippen molar-refractivity contribution in [3.63, 3.8) is 0 Å². The summed E-state index contributed by atoms with van der Waals surface area (Å²) in [6.45, 7) is 1.48. The van der Waals surface area contributed by atoms with Gasteiger partial charge in [-0.25, -0.2) is 0 Å². The first kappa shape index (κ1) is 33.3. The molecule has 216 valence electrons. The molecule has 8 atom stereocenters. The Morgan fingerprint density at radius 1 is 0.892 bits per heavy atom. The molecule has 7 N–H and O–H groups in total. The Balaban J connectivity index is 2.42. The zero-order valence-corrected chi connectivity index (χ0v) is 21.0. The summed E-state index contributed by atoms with van der Waals surface area (Å²) in [5, 5.41) is 68.7. The largest absolute Gasteiger partial charge is 0.463 e. The highest BCUT2D eigenvalue weighted by Crippen LogP contribution is 2.25. The van der Waals surface area contributed by atoms with Crippen molar-refractivity contribution in [1.29, 1.82) is 0 Å². The summed E-state index contributed by atoms with van der Waals surface area (Å²) in [6.07, 6.45) is -6.02. The molecule has 13 nitrogen and oxygen atoms in total. The highest BCUT2D eigenvalue weighted by Gasteiger charge is 2.45. The quantitative estimate of drug-likeness (QED) is 0.0575. The van der Waals surface area contributed by atoms with Crippen LogP contribution in [0.5, 0.6) is 0 Å². The highest BCUT2D eigenvalue weighted by atomic mass is 16.7. The third-order valence-corrected chi connectivity index (χ3v) is 5.94. The van der Waals surface area contributed by atoms with Gasteiger partial charge < -0.3 is 54.7 Å². The summed E-state index contributed by atoms with van der Waals surface area (Å²) in [5.74, 6) is -0.868. The molecule has 13 heteroatoms. The summed E-state index contributed by atoms with van der Waals surface area (Å²) in [7, 11) is 0. The number of carbonyl (C=O) groups excluding carboxylic acids is 2. The van der Waals surface area contributed by atoms with Crippen LogP contribution in [0.1, 0.15) is 57.8 Å². The van der Waals surface area contributed by atoms with Crippen molar-refractivity contribution >= 4 is 11.9 Å². The van der Waals surface area contributed by atoms with Crippen LogP contribution in [0.4, 0.5) is 0 Å². The van der Waals surface area contributed by atoms with Gasteiger partial charge >= 0.3 is 11.9 Å². The van der Waals surface area contributed by atoms with Crippen molar-refractivity contribution in [2.45, 2.75) is 107 Å². The lowest BCUT2D eigenvalue weighted by molar-refractivity contribution is -0.319. The van der Waals surface area contributed by atoms with Crippen molar-refractivity contribution in [3.8, 4) is 0 Å². The van der Waals surface area contributed by atoms with Crippen molar-refractivity contribution in [2.24, 2.45) is 0 Å². The van der Waals surface area contributed by atoms with Crippen LogP contribution in [0.2, 0.25) is 0 Å². The van der Waals surface area contributed by atoms with E-state index in [4.69, 9.17) is 19.3 Å². The predicted octanol–water partition coefficient (Wildman–Crippen LogP) is -1.37. The monoisotopic (exact) mass is 538 g/mol. The van der Waals surface area contributed by atoms with Gasteiger partial charge in [0.25, 0.3) is 0 Å². The Labute approximate surface area is 216 Å². The van der Waals surface area contributed by atoms with Gasteiger partial charge in [-0.1, -0.05) is 32.3 Å². The van der Waals surface area contributed by atoms with Gasteiger partial charge in [0.15, 0.2) is 6.29 Å². The molecular weight excluding hydrogens is 496 g/mol. The van der Waals surface area contributed by atoms with E-state index in [1.807, 2.05) is 0 Å². The van der Waals surface area contributed by atoms with E-state index in [9.17, 15) is 40.2 Å². The maximum absolute atomic E-state index is 12.0. The third-order valence-electron chi connectivity index (χ3n) is 5.94. The number of unbranched alkanes of at least 4 members (excludes halogenated alkanes) is 5. The fraction of sp³-hybridized carbons (Fsp3) is 0.833. The lowest BCUT2D eigenvalue weighted by atomic mass is 9.99. The molecule has 1 saturated heterocycles. The second-order valence-electron chi connectivity index (χ2n) is 8.97. The summed E-state index contributed by atoms with van der Waals surface area (Å²) in [6, 6.07) is 0. The lowest BCUT2D eigenvalue weighted by Crippen LogP contribution is -2.60. The van der Waals surface area contributed by atoms with E-state index in [-0.39, 0.29) is 18.8 Å². The maximum atomic E-state index is 12.0. The number of esters is 2. The van der Waals surface area contributed by atoms with E-state index in [1.165, 1.54) is 0 Å². The third kappa shape index (κ3) is 12.6. The smallest absolute Gasteiger partial charge is 0.310 e. The molecule has 1 aliphatic heterocycles. The molecule has 0 aromatic heterocycles. The second kappa shape index (κ2) is 18.6. The minimum Gasteiger partial charge on any atom is -0.463 e. The van der Waals surface area contributed by atoms with Gasteiger partial charge in [0.2, 0.25) is 0 Å². The van der Waals surface area contributed by atoms with Crippen LogP contribution in [-0.4, -0.2) is 117 Å². The van der Waals surface area contributed by atoms with Gasteiger partial charge in [0, 0.05) is 19.3 Å². The van der Waals surface area contributed by atoms with Gasteiger partial charge in [-0.2, -0.15) is 0 Å². The standard InChI is InChI=1S/C24H42O13/c1-2-34-19(29)9-7-5-3-4-6-8-10-20(30)35-14-16(28)17(11-15(27)12-25)36-24-23(33)22(32)21(31)18(13-26)37-24/h2,15-18,21-28,31-33H,1,3-14H2/t15-,16-,17+,18-,21+,22+,23-,24-/m1/s1. The summed E-state index contributed by atoms with van der Waals surface area (Å²) in [5.41, 5.74) is 0. The van der Waals surface area contributed by atoms with Crippen LogP contribution >= 0.6 is 0 Å². The topological polar surface area (TPSA) is 213 Å². The maximum Gasteiger partial charge on any atom is 0.310 e. The molecule has 0 spiro atoms. The lowest BCUT2D eigenvalue weighted by Gasteiger charge is -2.41. The molecule has 1 aliphatic rings. The van der Waals surface area contributed by atoms with E-state index in [2.05, 4.69) is 11.3 Å². The Kier molecular flexibility index (Phi) is 16.7. The predicted molar refractivity (Wildman–Crippen MR) is 127 cm³/mol. The second-order valence-corrected chi connectivity index (χ2v) is 8.97. The number of rotatable bonds is 19. The van der Waals surface area contributed by atoms with Crippen LogP contribution in [0.15, 0.2) is 12.8 Å². The molecule has 0 bridgehead atoms. The number of carbonyl (C=O) groups is 2. The average Bonchev–Trinajstić information content (AvgIpc) is 2.88. The van der Waals surface area contributed by atoms with Gasteiger partial charge in [-0.15, -0.1) is 0 Å². The van der Waals surface area contributed by atoms with Crippen LogP contribution in [0.25, 0.3) is 0 Å². The van der Waals surface area contributed by atoms with E-state index >= 15 is 0 Å². The first-order chi connectivity index (χ1) is 17.6. The zero-order valence-electron chi connectivity index (χ0n) is 21.0. The summed E-state index contributed by atoms with van der Waals surface area (Å²) >= 11 is 0. The van der Waals surface area contributed by atoms with Crippen LogP contribution in [-0.2, 0) is 28.5 Å². The minimum absolute atomic E-state index is 0.121. The average molecular weight is 539 g/mol. The number of aliphatic hydroxyl groups excluding tert-OH is 7. The first-order valence-electron chi connectivity index (χ1n) is 12.5. The van der Waals surface area contributed by atoms with Gasteiger partial charge in [0.05, 0.1) is 31.7 Å². The molecule has 0 aliphatic carbocycles. The van der Waals surface area contributed by atoms with Gasteiger partial charge in [-0.05, 0) is 12.8 Å². The fourth-order valence-electron chi connectivity index (χ4n) is 3.75. The van der Waals surface area contributed by atoms with Crippen LogP contribution < -0.4 is 0 Å². The Bertz CT molecular complexity index is 659. The van der Waals surface area contributed by atoms with Crippen molar-refractivity contribution in [1.82, 2.24) is 0 Å². The molecule has 0 aromatic carbocycles. The fourth-order valence-corrected chi connectivity index (χ4v) is 3.75. The van der Waals surface area contributed by atoms with Crippen LogP contribution in [0, 0.1) is 0 Å². The SMILES string of the molecule is C=COC(=O)CCCCCCCCC(=O)OC[C@@H](O)[C@H](C[C@@H](O)CO)O[C@@H]1O[C@H](CO)[C@H](O)[C@H](O)[C@H]1O. The number of ether oxygens (including phenoxy) is 4. The number of hydrogen-bond donors (Lipinski definition) is 7. The molecule has 1 fully saturated rings. The van der Waals surface area contributed by atoms with Crippen LogP contribution in [0.3, 0.4) is 0 Å². The van der Waals surface area contributed by atoms with Crippen molar-refractivity contribution < 1.29 is 64.3 Å². The first-order valence-corrected chi connectivity index (χ1v) is 12.5.